The molecule has 1 aliphatic heterocycles. The molecular weight excluding hydrogens is 284 g/mol. The molecule has 2 rings (SSSR count). The van der Waals surface area contributed by atoms with Crippen LogP contribution in [-0.4, -0.2) is 35.2 Å². The Morgan fingerprint density at radius 3 is 2.81 bits per heavy atom. The summed E-state index contributed by atoms with van der Waals surface area (Å²) in [5.41, 5.74) is 0.0421. The highest BCUT2D eigenvalue weighted by Gasteiger charge is 2.26. The van der Waals surface area contributed by atoms with E-state index in [1.165, 1.54) is 0 Å². The van der Waals surface area contributed by atoms with E-state index in [9.17, 15) is 4.79 Å². The van der Waals surface area contributed by atoms with Gasteiger partial charge in [-0.1, -0.05) is 39.0 Å². The highest BCUT2D eigenvalue weighted by Crippen LogP contribution is 2.30. The first-order valence-electron chi connectivity index (χ1n) is 7.78. The Kier molecular flexibility index (Phi) is 5.19. The number of hydrogen-bond acceptors (Lipinski definition) is 5. The maximum Gasteiger partial charge on any atom is 0.220 e. The fourth-order valence-corrected chi connectivity index (χ4v) is 3.38. The number of carbonyl (C=O) groups is 1. The third-order valence-corrected chi connectivity index (χ3v) is 5.00. The van der Waals surface area contributed by atoms with Crippen molar-refractivity contribution >= 4 is 22.4 Å². The van der Waals surface area contributed by atoms with E-state index in [0.29, 0.717) is 6.42 Å². The Balaban J connectivity index is 1.97. The van der Waals surface area contributed by atoms with Crippen molar-refractivity contribution in [2.24, 2.45) is 0 Å². The zero-order chi connectivity index (χ0) is 15.5. The number of anilines is 1. The predicted octanol–water partition coefficient (Wildman–Crippen LogP) is 2.72. The second-order valence-corrected chi connectivity index (χ2v) is 7.70. The Bertz CT molecular complexity index is 480. The highest BCUT2D eigenvalue weighted by molar-refractivity contribution is 7.15. The third kappa shape index (κ3) is 4.40. The van der Waals surface area contributed by atoms with Crippen LogP contribution in [0.15, 0.2) is 0 Å². The third-order valence-electron chi connectivity index (χ3n) is 3.59. The quantitative estimate of drug-likeness (QED) is 0.929. The van der Waals surface area contributed by atoms with Crippen molar-refractivity contribution in [2.45, 2.75) is 64.8 Å². The van der Waals surface area contributed by atoms with Crippen LogP contribution in [0.5, 0.6) is 0 Å². The fourth-order valence-electron chi connectivity index (χ4n) is 2.44. The molecular formula is C15H26N4OS. The molecule has 0 spiro atoms. The molecule has 1 aromatic rings. The molecule has 0 saturated carbocycles. The van der Waals surface area contributed by atoms with Gasteiger partial charge in [-0.05, 0) is 19.3 Å². The number of amides is 1. The zero-order valence-corrected chi connectivity index (χ0v) is 14.3. The maximum absolute atomic E-state index is 11.7. The molecule has 118 valence electrons. The molecule has 1 amide bonds. The van der Waals surface area contributed by atoms with Gasteiger partial charge in [0.05, 0.1) is 0 Å². The summed E-state index contributed by atoms with van der Waals surface area (Å²) in [6, 6.07) is 0.236. The van der Waals surface area contributed by atoms with Gasteiger partial charge >= 0.3 is 0 Å². The number of nitrogens with one attached hydrogen (secondary N) is 1. The molecule has 1 aromatic heterocycles. The van der Waals surface area contributed by atoms with Gasteiger partial charge in [0.1, 0.15) is 5.01 Å². The van der Waals surface area contributed by atoms with Crippen LogP contribution in [0.2, 0.25) is 0 Å². The molecule has 1 fully saturated rings. The van der Waals surface area contributed by atoms with Crippen LogP contribution in [-0.2, 0) is 10.2 Å². The molecule has 1 aliphatic rings. The van der Waals surface area contributed by atoms with Crippen LogP contribution < -0.4 is 10.2 Å². The molecule has 6 heteroatoms. The van der Waals surface area contributed by atoms with E-state index < -0.39 is 0 Å². The summed E-state index contributed by atoms with van der Waals surface area (Å²) < 4.78 is 0. The van der Waals surface area contributed by atoms with Crippen molar-refractivity contribution in [2.75, 3.05) is 18.0 Å². The van der Waals surface area contributed by atoms with Crippen molar-refractivity contribution in [3.8, 4) is 0 Å². The molecule has 0 bridgehead atoms. The number of nitrogens with zero attached hydrogens (tertiary/aromatic N) is 3. The Morgan fingerprint density at radius 2 is 2.19 bits per heavy atom. The van der Waals surface area contributed by atoms with Gasteiger partial charge in [0.2, 0.25) is 11.0 Å². The molecule has 0 aliphatic carbocycles. The Morgan fingerprint density at radius 1 is 1.43 bits per heavy atom. The van der Waals surface area contributed by atoms with E-state index >= 15 is 0 Å². The first kappa shape index (κ1) is 16.2. The minimum Gasteiger partial charge on any atom is -0.352 e. The van der Waals surface area contributed by atoms with E-state index in [2.05, 4.69) is 41.2 Å². The van der Waals surface area contributed by atoms with Gasteiger partial charge in [0, 0.05) is 31.0 Å². The molecule has 2 heterocycles. The van der Waals surface area contributed by atoms with Gasteiger partial charge in [0.25, 0.3) is 0 Å². The summed E-state index contributed by atoms with van der Waals surface area (Å²) in [4.78, 5) is 14.0. The smallest absolute Gasteiger partial charge is 0.220 e. The normalized spacial score (nSPS) is 19.6. The molecule has 1 unspecified atom stereocenters. The second-order valence-electron chi connectivity index (χ2n) is 6.74. The monoisotopic (exact) mass is 310 g/mol. The van der Waals surface area contributed by atoms with Crippen molar-refractivity contribution in [3.63, 3.8) is 0 Å². The van der Waals surface area contributed by atoms with Crippen LogP contribution in [0.3, 0.4) is 0 Å². The Labute approximate surface area is 131 Å². The van der Waals surface area contributed by atoms with Crippen LogP contribution in [0.4, 0.5) is 5.13 Å². The van der Waals surface area contributed by atoms with Gasteiger partial charge in [-0.25, -0.2) is 0 Å². The predicted molar refractivity (Wildman–Crippen MR) is 86.9 cm³/mol. The first-order valence-corrected chi connectivity index (χ1v) is 8.60. The number of hydrogen-bond donors (Lipinski definition) is 1. The number of carbonyl (C=O) groups excluding carboxylic acids is 1. The van der Waals surface area contributed by atoms with E-state index in [0.717, 1.165) is 42.5 Å². The van der Waals surface area contributed by atoms with Gasteiger partial charge in [-0.2, -0.15) is 0 Å². The largest absolute Gasteiger partial charge is 0.352 e. The minimum absolute atomic E-state index is 0.0421. The summed E-state index contributed by atoms with van der Waals surface area (Å²) >= 11 is 1.67. The van der Waals surface area contributed by atoms with Gasteiger partial charge in [-0.15, -0.1) is 10.2 Å². The lowest BCUT2D eigenvalue weighted by Crippen LogP contribution is -2.47. The fraction of sp³-hybridized carbons (Fsp3) is 0.800. The lowest BCUT2D eigenvalue weighted by Gasteiger charge is -2.32. The Hall–Kier alpha value is -1.17. The number of piperidine rings is 1. The molecule has 5 nitrogen and oxygen atoms in total. The summed E-state index contributed by atoms with van der Waals surface area (Å²) in [6.07, 6.45) is 3.65. The molecule has 1 saturated heterocycles. The zero-order valence-electron chi connectivity index (χ0n) is 13.5. The van der Waals surface area contributed by atoms with Gasteiger partial charge < -0.3 is 10.2 Å². The van der Waals surface area contributed by atoms with Crippen LogP contribution in [0, 0.1) is 0 Å². The van der Waals surface area contributed by atoms with Crippen LogP contribution in [0.1, 0.15) is 58.4 Å². The number of aromatic nitrogens is 2. The van der Waals surface area contributed by atoms with Gasteiger partial charge in [-0.3, -0.25) is 4.79 Å². The summed E-state index contributed by atoms with van der Waals surface area (Å²) in [5, 5.41) is 13.8. The molecule has 21 heavy (non-hydrogen) atoms. The van der Waals surface area contributed by atoms with E-state index in [4.69, 9.17) is 0 Å². The lowest BCUT2D eigenvalue weighted by atomic mass is 9.98. The summed E-state index contributed by atoms with van der Waals surface area (Å²) in [7, 11) is 0. The summed E-state index contributed by atoms with van der Waals surface area (Å²) in [5.74, 6) is 0.164. The van der Waals surface area contributed by atoms with E-state index in [1.54, 1.807) is 11.3 Å². The minimum atomic E-state index is 0.0421. The molecule has 1 N–H and O–H groups in total. The van der Waals surface area contributed by atoms with Crippen molar-refractivity contribution in [1.29, 1.82) is 0 Å². The maximum atomic E-state index is 11.7. The van der Waals surface area contributed by atoms with Crippen LogP contribution >= 0.6 is 11.3 Å². The van der Waals surface area contributed by atoms with E-state index in [-0.39, 0.29) is 17.4 Å². The van der Waals surface area contributed by atoms with Crippen molar-refractivity contribution in [1.82, 2.24) is 15.5 Å². The average Bonchev–Trinajstić information content (AvgIpc) is 2.88. The molecule has 0 radical (unpaired) electrons. The van der Waals surface area contributed by atoms with E-state index in [1.807, 2.05) is 6.92 Å². The van der Waals surface area contributed by atoms with Gasteiger partial charge in [0.15, 0.2) is 0 Å². The highest BCUT2D eigenvalue weighted by atomic mass is 32.1. The number of rotatable bonds is 4. The van der Waals surface area contributed by atoms with Crippen molar-refractivity contribution < 1.29 is 4.79 Å². The first-order chi connectivity index (χ1) is 9.90. The summed E-state index contributed by atoms with van der Waals surface area (Å²) in [6.45, 7) is 10.3. The topological polar surface area (TPSA) is 58.1 Å². The SMILES string of the molecule is CCCC(=O)NC1CCCN(c2nnc(C(C)(C)C)s2)C1. The standard InChI is InChI=1S/C15H26N4OS/c1-5-7-12(20)16-11-8-6-9-19(10-11)14-18-17-13(21-14)15(2,3)4/h11H,5-10H2,1-4H3,(H,16,20). The molecule has 0 aromatic carbocycles. The van der Waals surface area contributed by atoms with Crippen LogP contribution in [0.25, 0.3) is 0 Å². The van der Waals surface area contributed by atoms with Crippen molar-refractivity contribution in [3.05, 3.63) is 5.01 Å². The molecule has 1 atom stereocenters. The average molecular weight is 310 g/mol. The lowest BCUT2D eigenvalue weighted by molar-refractivity contribution is -0.121. The second kappa shape index (κ2) is 6.73.